The highest BCUT2D eigenvalue weighted by molar-refractivity contribution is 6.30. The molecule has 0 spiro atoms. The highest BCUT2D eigenvalue weighted by Gasteiger charge is 2.15. The zero-order chi connectivity index (χ0) is 12.4. The van der Waals surface area contributed by atoms with Gasteiger partial charge >= 0.3 is 0 Å². The van der Waals surface area contributed by atoms with Gasteiger partial charge < -0.3 is 5.11 Å². The van der Waals surface area contributed by atoms with Crippen molar-refractivity contribution in [3.8, 4) is 0 Å². The Bertz CT molecular complexity index is 548. The van der Waals surface area contributed by atoms with Crippen LogP contribution in [0.2, 0.25) is 10.2 Å². The van der Waals surface area contributed by atoms with Crippen LogP contribution in [0.3, 0.4) is 0 Å². The van der Waals surface area contributed by atoms with E-state index in [1.807, 2.05) is 0 Å². The van der Waals surface area contributed by atoms with E-state index in [1.165, 1.54) is 24.4 Å². The fraction of sp³-hybridized carbons (Fsp3) is 0.0833. The van der Waals surface area contributed by atoms with Gasteiger partial charge in [-0.2, -0.15) is 0 Å². The highest BCUT2D eigenvalue weighted by atomic mass is 35.5. The van der Waals surface area contributed by atoms with Crippen LogP contribution in [0.25, 0.3) is 0 Å². The molecule has 0 saturated carbocycles. The molecule has 1 aromatic carbocycles. The van der Waals surface area contributed by atoms with Crippen LogP contribution in [0.1, 0.15) is 17.2 Å². The molecule has 1 N–H and O–H groups in total. The van der Waals surface area contributed by atoms with Gasteiger partial charge in [-0.05, 0) is 29.8 Å². The summed E-state index contributed by atoms with van der Waals surface area (Å²) in [5.41, 5.74) is 0.628. The average Bonchev–Trinajstić information content (AvgIpc) is 2.28. The van der Waals surface area contributed by atoms with E-state index >= 15 is 0 Å². The van der Waals surface area contributed by atoms with Crippen LogP contribution >= 0.6 is 23.2 Å². The molecule has 0 aliphatic rings. The lowest BCUT2D eigenvalue weighted by atomic mass is 10.0. The predicted molar refractivity (Wildman–Crippen MR) is 64.7 cm³/mol. The van der Waals surface area contributed by atoms with Crippen molar-refractivity contribution in [2.24, 2.45) is 0 Å². The summed E-state index contributed by atoms with van der Waals surface area (Å²) < 4.78 is 13.6. The van der Waals surface area contributed by atoms with Crippen LogP contribution in [0.4, 0.5) is 4.39 Å². The topological polar surface area (TPSA) is 33.1 Å². The van der Waals surface area contributed by atoms with Crippen molar-refractivity contribution in [1.82, 2.24) is 4.98 Å². The molecular formula is C12H8Cl2FNO. The van der Waals surface area contributed by atoms with Crippen LogP contribution in [0.15, 0.2) is 36.5 Å². The molecule has 2 nitrogen and oxygen atoms in total. The fourth-order valence-corrected chi connectivity index (χ4v) is 1.83. The number of benzene rings is 1. The number of aliphatic hydroxyl groups is 1. The second-order valence-electron chi connectivity index (χ2n) is 3.48. The van der Waals surface area contributed by atoms with E-state index in [-0.39, 0.29) is 15.7 Å². The predicted octanol–water partition coefficient (Wildman–Crippen LogP) is 3.61. The van der Waals surface area contributed by atoms with Crippen LogP contribution in [-0.4, -0.2) is 10.1 Å². The van der Waals surface area contributed by atoms with E-state index in [4.69, 9.17) is 23.2 Å². The third-order valence-electron chi connectivity index (χ3n) is 2.32. The van der Waals surface area contributed by atoms with Crippen molar-refractivity contribution in [2.45, 2.75) is 6.10 Å². The summed E-state index contributed by atoms with van der Waals surface area (Å²) in [5, 5.41) is 10.5. The van der Waals surface area contributed by atoms with Crippen molar-refractivity contribution in [2.75, 3.05) is 0 Å². The maximum atomic E-state index is 13.6. The number of hydrogen-bond acceptors (Lipinski definition) is 2. The number of hydrogen-bond donors (Lipinski definition) is 1. The molecule has 0 bridgehead atoms. The summed E-state index contributed by atoms with van der Waals surface area (Å²) in [5.74, 6) is -0.557. The van der Waals surface area contributed by atoms with Gasteiger partial charge in [0.15, 0.2) is 0 Å². The zero-order valence-electron chi connectivity index (χ0n) is 8.57. The minimum Gasteiger partial charge on any atom is -0.384 e. The Kier molecular flexibility index (Phi) is 3.62. The Balaban J connectivity index is 2.40. The molecular weight excluding hydrogens is 264 g/mol. The van der Waals surface area contributed by atoms with Crippen LogP contribution in [0.5, 0.6) is 0 Å². The first-order valence-corrected chi connectivity index (χ1v) is 5.58. The monoisotopic (exact) mass is 271 g/mol. The lowest BCUT2D eigenvalue weighted by molar-refractivity contribution is 0.215. The van der Waals surface area contributed by atoms with Crippen molar-refractivity contribution >= 4 is 23.2 Å². The molecule has 0 aliphatic carbocycles. The lowest BCUT2D eigenvalue weighted by Gasteiger charge is -2.12. The molecule has 1 atom stereocenters. The molecule has 88 valence electrons. The van der Waals surface area contributed by atoms with Gasteiger partial charge in [0, 0.05) is 16.8 Å². The molecule has 0 amide bonds. The fourth-order valence-electron chi connectivity index (χ4n) is 1.49. The Hall–Kier alpha value is -1.16. The molecule has 1 unspecified atom stereocenters. The van der Waals surface area contributed by atoms with Gasteiger partial charge in [0.25, 0.3) is 0 Å². The van der Waals surface area contributed by atoms with E-state index in [0.717, 1.165) is 6.07 Å². The summed E-state index contributed by atoms with van der Waals surface area (Å²) in [6.45, 7) is 0. The molecule has 2 rings (SSSR count). The zero-order valence-corrected chi connectivity index (χ0v) is 10.1. The maximum absolute atomic E-state index is 13.6. The summed E-state index contributed by atoms with van der Waals surface area (Å²) in [7, 11) is 0. The molecule has 2 aromatic rings. The first-order valence-electron chi connectivity index (χ1n) is 4.82. The van der Waals surface area contributed by atoms with Crippen LogP contribution < -0.4 is 0 Å². The number of halogens is 3. The third-order valence-corrected chi connectivity index (χ3v) is 2.77. The average molecular weight is 272 g/mol. The van der Waals surface area contributed by atoms with Crippen molar-refractivity contribution in [3.05, 3.63) is 63.6 Å². The first-order chi connectivity index (χ1) is 8.08. The summed E-state index contributed by atoms with van der Waals surface area (Å²) in [6.07, 6.45) is 0.363. The summed E-state index contributed by atoms with van der Waals surface area (Å²) in [6, 6.07) is 7.18. The number of rotatable bonds is 2. The first kappa shape index (κ1) is 12.3. The quantitative estimate of drug-likeness (QED) is 0.847. The molecule has 0 saturated heterocycles. The molecule has 0 aliphatic heterocycles. The van der Waals surface area contributed by atoms with Crippen LogP contribution in [-0.2, 0) is 0 Å². The normalized spacial score (nSPS) is 12.5. The lowest BCUT2D eigenvalue weighted by Crippen LogP contribution is -2.02. The minimum atomic E-state index is -1.09. The Morgan fingerprint density at radius 1 is 1.18 bits per heavy atom. The van der Waals surface area contributed by atoms with E-state index in [0.29, 0.717) is 5.56 Å². The van der Waals surface area contributed by atoms with Crippen LogP contribution in [0, 0.1) is 5.82 Å². The summed E-state index contributed by atoms with van der Waals surface area (Å²) >= 11 is 11.3. The molecule has 17 heavy (non-hydrogen) atoms. The standard InChI is InChI=1S/C12H8Cl2FNO/c13-8-1-2-9(10(15)6-8)12(17)7-3-4-16-11(14)5-7/h1-6,12,17H. The molecule has 0 fully saturated rings. The summed E-state index contributed by atoms with van der Waals surface area (Å²) in [4.78, 5) is 3.79. The van der Waals surface area contributed by atoms with Gasteiger partial charge in [0.2, 0.25) is 0 Å². The Morgan fingerprint density at radius 3 is 2.59 bits per heavy atom. The van der Waals surface area contributed by atoms with Gasteiger partial charge in [-0.15, -0.1) is 0 Å². The van der Waals surface area contributed by atoms with Gasteiger partial charge in [0.05, 0.1) is 0 Å². The van der Waals surface area contributed by atoms with Gasteiger partial charge in [-0.25, -0.2) is 9.37 Å². The highest BCUT2D eigenvalue weighted by Crippen LogP contribution is 2.26. The SMILES string of the molecule is OC(c1ccnc(Cl)c1)c1ccc(Cl)cc1F. The smallest absolute Gasteiger partial charge is 0.130 e. The third kappa shape index (κ3) is 2.75. The van der Waals surface area contributed by atoms with Crippen molar-refractivity contribution in [3.63, 3.8) is 0 Å². The van der Waals surface area contributed by atoms with E-state index in [2.05, 4.69) is 4.98 Å². The maximum Gasteiger partial charge on any atom is 0.130 e. The van der Waals surface area contributed by atoms with E-state index in [9.17, 15) is 9.50 Å². The number of aliphatic hydroxyl groups excluding tert-OH is 1. The van der Waals surface area contributed by atoms with E-state index < -0.39 is 11.9 Å². The van der Waals surface area contributed by atoms with Crippen molar-refractivity contribution < 1.29 is 9.50 Å². The second kappa shape index (κ2) is 5.00. The molecule has 1 heterocycles. The number of nitrogens with zero attached hydrogens (tertiary/aromatic N) is 1. The van der Waals surface area contributed by atoms with E-state index in [1.54, 1.807) is 6.07 Å². The second-order valence-corrected chi connectivity index (χ2v) is 4.30. The number of pyridine rings is 1. The van der Waals surface area contributed by atoms with Crippen molar-refractivity contribution in [1.29, 1.82) is 0 Å². The Labute approximate surface area is 108 Å². The largest absolute Gasteiger partial charge is 0.384 e. The van der Waals surface area contributed by atoms with Gasteiger partial charge in [-0.3, -0.25) is 0 Å². The number of aromatic nitrogens is 1. The molecule has 5 heteroatoms. The van der Waals surface area contributed by atoms with Gasteiger partial charge in [-0.1, -0.05) is 29.3 Å². The Morgan fingerprint density at radius 2 is 1.94 bits per heavy atom. The van der Waals surface area contributed by atoms with Gasteiger partial charge in [0.1, 0.15) is 17.1 Å². The molecule has 1 aromatic heterocycles. The molecule has 0 radical (unpaired) electrons. The minimum absolute atomic E-state index is 0.150.